The van der Waals surface area contributed by atoms with Crippen molar-refractivity contribution in [3.05, 3.63) is 76.4 Å². The fourth-order valence-electron chi connectivity index (χ4n) is 4.33. The molecule has 11 heteroatoms. The van der Waals surface area contributed by atoms with Crippen LogP contribution in [0.5, 0.6) is 17.2 Å². The Kier molecular flexibility index (Phi) is 7.39. The van der Waals surface area contributed by atoms with Crippen molar-refractivity contribution in [2.75, 3.05) is 14.2 Å². The number of aryl methyl sites for hydroxylation is 1. The predicted octanol–water partition coefficient (Wildman–Crippen LogP) is 4.80. The van der Waals surface area contributed by atoms with Gasteiger partial charge in [-0.15, -0.1) is 10.2 Å². The van der Waals surface area contributed by atoms with Gasteiger partial charge in [-0.25, -0.2) is 0 Å². The number of pyridine rings is 1. The number of unbranched alkanes of at least 4 members (excludes halogenated alkanes) is 1. The molecule has 0 aliphatic rings. The molecule has 0 unspecified atom stereocenters. The Morgan fingerprint density at radius 2 is 1.67 bits per heavy atom. The van der Waals surface area contributed by atoms with Crippen LogP contribution in [0, 0.1) is 0 Å². The molecule has 2 N–H and O–H groups in total. The van der Waals surface area contributed by atoms with E-state index in [9.17, 15) is 9.90 Å². The summed E-state index contributed by atoms with van der Waals surface area (Å²) in [7, 11) is 3.05. The number of H-pyrrole nitrogens is 1. The Bertz CT molecular complexity index is 1620. The Morgan fingerprint density at radius 3 is 2.36 bits per heavy atom. The van der Waals surface area contributed by atoms with Gasteiger partial charge in [-0.2, -0.15) is 4.98 Å². The Morgan fingerprint density at radius 1 is 0.923 bits per heavy atom. The largest absolute Gasteiger partial charge is 0.506 e. The monoisotopic (exact) mass is 529 g/mol. The number of nitrogens with one attached hydrogen (secondary N) is 1. The second kappa shape index (κ2) is 11.2. The van der Waals surface area contributed by atoms with E-state index in [0.29, 0.717) is 40.6 Å². The fourth-order valence-corrected chi connectivity index (χ4v) is 4.33. The number of aromatic amines is 1. The Hall–Kier alpha value is -4.93. The average molecular weight is 530 g/mol. The van der Waals surface area contributed by atoms with Gasteiger partial charge >= 0.3 is 0 Å². The van der Waals surface area contributed by atoms with Crippen molar-refractivity contribution in [2.24, 2.45) is 0 Å². The maximum atomic E-state index is 13.2. The lowest BCUT2D eigenvalue weighted by molar-refractivity contribution is 0.373. The van der Waals surface area contributed by atoms with E-state index in [2.05, 4.69) is 25.3 Å². The minimum Gasteiger partial charge on any atom is -0.506 e. The SMILES string of the molecule is CCCCc1[nH]c(=O)c(-c2nnc(Cc3nc(-c4ccccc4)no3)o2)c(O)c1-c1c(OC)cccc1OC. The van der Waals surface area contributed by atoms with Crippen molar-refractivity contribution >= 4 is 0 Å². The van der Waals surface area contributed by atoms with Crippen molar-refractivity contribution in [3.63, 3.8) is 0 Å². The number of methoxy groups -OCH3 is 2. The van der Waals surface area contributed by atoms with Crippen LogP contribution in [-0.2, 0) is 12.8 Å². The van der Waals surface area contributed by atoms with Gasteiger partial charge in [-0.1, -0.05) is 54.9 Å². The van der Waals surface area contributed by atoms with E-state index in [1.807, 2.05) is 37.3 Å². The number of aromatic hydroxyl groups is 1. The molecule has 0 atom stereocenters. The van der Waals surface area contributed by atoms with Crippen LogP contribution in [0.4, 0.5) is 0 Å². The molecule has 3 aromatic heterocycles. The minimum absolute atomic E-state index is 0.0489. The lowest BCUT2D eigenvalue weighted by Gasteiger charge is -2.18. The van der Waals surface area contributed by atoms with Crippen LogP contribution in [-0.4, -0.2) is 44.6 Å². The van der Waals surface area contributed by atoms with Gasteiger partial charge in [0.15, 0.2) is 0 Å². The molecule has 0 bridgehead atoms. The van der Waals surface area contributed by atoms with Crippen LogP contribution >= 0.6 is 0 Å². The zero-order valence-corrected chi connectivity index (χ0v) is 21.7. The third-order valence-electron chi connectivity index (χ3n) is 6.21. The quantitative estimate of drug-likeness (QED) is 0.258. The molecule has 0 amide bonds. The van der Waals surface area contributed by atoms with Gasteiger partial charge in [0, 0.05) is 11.3 Å². The molecule has 0 aliphatic carbocycles. The second-order valence-corrected chi connectivity index (χ2v) is 8.73. The first-order chi connectivity index (χ1) is 19.0. The van der Waals surface area contributed by atoms with Crippen LogP contribution < -0.4 is 15.0 Å². The van der Waals surface area contributed by atoms with Gasteiger partial charge in [0.05, 0.1) is 25.3 Å². The summed E-state index contributed by atoms with van der Waals surface area (Å²) >= 11 is 0. The Balaban J connectivity index is 1.55. The van der Waals surface area contributed by atoms with E-state index < -0.39 is 5.56 Å². The second-order valence-electron chi connectivity index (χ2n) is 8.73. The molecule has 0 spiro atoms. The summed E-state index contributed by atoms with van der Waals surface area (Å²) in [5, 5.41) is 23.6. The summed E-state index contributed by atoms with van der Waals surface area (Å²) in [4.78, 5) is 20.5. The standard InChI is InChI=1S/C28H27N5O6/c1-4-5-12-17-22(23-18(36-2)13-9-14-19(23)37-3)25(34)24(27(35)29-17)28-32-31-21(38-28)15-20-30-26(33-39-20)16-10-7-6-8-11-16/h6-11,13-14H,4-5,12,15H2,1-3H3,(H2,29,34,35). The summed E-state index contributed by atoms with van der Waals surface area (Å²) in [5.41, 5.74) is 1.50. The maximum Gasteiger partial charge on any atom is 0.264 e. The molecule has 11 nitrogen and oxygen atoms in total. The van der Waals surface area contributed by atoms with Crippen molar-refractivity contribution < 1.29 is 23.5 Å². The summed E-state index contributed by atoms with van der Waals surface area (Å²) in [5.74, 6) is 1.30. The first-order valence-electron chi connectivity index (χ1n) is 12.4. The van der Waals surface area contributed by atoms with Crippen molar-refractivity contribution in [3.8, 4) is 51.2 Å². The third kappa shape index (κ3) is 5.11. The predicted molar refractivity (Wildman–Crippen MR) is 142 cm³/mol. The van der Waals surface area contributed by atoms with Crippen molar-refractivity contribution in [1.82, 2.24) is 25.3 Å². The summed E-state index contributed by atoms with van der Waals surface area (Å²) in [6, 6.07) is 14.7. The van der Waals surface area contributed by atoms with Crippen LogP contribution in [0.2, 0.25) is 0 Å². The number of rotatable bonds is 10. The summed E-state index contributed by atoms with van der Waals surface area (Å²) in [6.45, 7) is 2.04. The van der Waals surface area contributed by atoms with Crippen molar-refractivity contribution in [1.29, 1.82) is 0 Å². The van der Waals surface area contributed by atoms with E-state index in [0.717, 1.165) is 18.4 Å². The van der Waals surface area contributed by atoms with E-state index >= 15 is 0 Å². The molecule has 2 aromatic carbocycles. The van der Waals surface area contributed by atoms with Gasteiger partial charge in [0.2, 0.25) is 17.6 Å². The first-order valence-corrected chi connectivity index (χ1v) is 12.4. The topological polar surface area (TPSA) is 149 Å². The van der Waals surface area contributed by atoms with E-state index in [4.69, 9.17) is 18.4 Å². The highest BCUT2D eigenvalue weighted by molar-refractivity contribution is 5.87. The smallest absolute Gasteiger partial charge is 0.264 e. The lowest BCUT2D eigenvalue weighted by atomic mass is 9.96. The average Bonchev–Trinajstić information content (AvgIpc) is 3.62. The molecule has 5 rings (SSSR count). The van der Waals surface area contributed by atoms with Crippen molar-refractivity contribution in [2.45, 2.75) is 32.6 Å². The number of nitrogens with zero attached hydrogens (tertiary/aromatic N) is 4. The van der Waals surface area contributed by atoms with Gasteiger partial charge in [0.1, 0.15) is 29.2 Å². The highest BCUT2D eigenvalue weighted by Crippen LogP contribution is 2.46. The van der Waals surface area contributed by atoms with Crippen LogP contribution in [0.1, 0.15) is 37.2 Å². The zero-order chi connectivity index (χ0) is 27.4. The van der Waals surface area contributed by atoms with E-state index in [-0.39, 0.29) is 35.4 Å². The summed E-state index contributed by atoms with van der Waals surface area (Å²) in [6.07, 6.45) is 2.25. The van der Waals surface area contributed by atoms with Gasteiger partial charge in [-0.3, -0.25) is 4.79 Å². The van der Waals surface area contributed by atoms with Crippen LogP contribution in [0.3, 0.4) is 0 Å². The molecule has 0 saturated heterocycles. The number of hydrogen-bond acceptors (Lipinski definition) is 10. The molecular weight excluding hydrogens is 502 g/mol. The molecule has 5 aromatic rings. The van der Waals surface area contributed by atoms with Crippen LogP contribution in [0.25, 0.3) is 34.0 Å². The number of hydrogen-bond donors (Lipinski definition) is 2. The lowest BCUT2D eigenvalue weighted by Crippen LogP contribution is -2.14. The summed E-state index contributed by atoms with van der Waals surface area (Å²) < 4.78 is 22.3. The van der Waals surface area contributed by atoms with Gasteiger partial charge in [0.25, 0.3) is 11.4 Å². The first kappa shape index (κ1) is 25.7. The molecule has 200 valence electrons. The molecule has 0 fully saturated rings. The highest BCUT2D eigenvalue weighted by Gasteiger charge is 2.27. The Labute approximate surface area is 223 Å². The molecule has 0 saturated carbocycles. The normalized spacial score (nSPS) is 11.1. The zero-order valence-electron chi connectivity index (χ0n) is 21.7. The molecule has 39 heavy (non-hydrogen) atoms. The number of benzene rings is 2. The van der Waals surface area contributed by atoms with Gasteiger partial charge in [-0.05, 0) is 25.0 Å². The highest BCUT2D eigenvalue weighted by atomic mass is 16.5. The van der Waals surface area contributed by atoms with E-state index in [1.54, 1.807) is 18.2 Å². The number of aromatic nitrogens is 5. The maximum absolute atomic E-state index is 13.2. The third-order valence-corrected chi connectivity index (χ3v) is 6.21. The molecule has 3 heterocycles. The molecule has 0 aliphatic heterocycles. The van der Waals surface area contributed by atoms with Crippen LogP contribution in [0.15, 0.2) is 62.3 Å². The fraction of sp³-hybridized carbons (Fsp3) is 0.250. The number of ether oxygens (including phenoxy) is 2. The van der Waals surface area contributed by atoms with E-state index in [1.165, 1.54) is 14.2 Å². The van der Waals surface area contributed by atoms with Gasteiger partial charge < -0.3 is 28.5 Å². The molecular formula is C28H27N5O6. The molecule has 0 radical (unpaired) electrons. The minimum atomic E-state index is -0.560.